The number of ether oxygens (including phenoxy) is 1. The number of anilines is 2. The maximum atomic E-state index is 12.9. The lowest BCUT2D eigenvalue weighted by atomic mass is 10.1. The standard InChI is InChI=1S/C24H21N5O3S2/c1-3-21-27-28-24(34-21)26-20(30)12-29-18-11-16(9-10-19(18)32-14(2)23(29)31)17-13-33-22(25-17)15-7-5-4-6-8-15/h4-11,13-14H,3,12H2,1-2H3,(H,26,28,30). The predicted octanol–water partition coefficient (Wildman–Crippen LogP) is 4.64. The molecule has 10 heteroatoms. The third-order valence-electron chi connectivity index (χ3n) is 5.31. The highest BCUT2D eigenvalue weighted by Gasteiger charge is 2.33. The van der Waals surface area contributed by atoms with Gasteiger partial charge in [0.05, 0.1) is 11.4 Å². The molecular weight excluding hydrogens is 470 g/mol. The molecule has 34 heavy (non-hydrogen) atoms. The van der Waals surface area contributed by atoms with Gasteiger partial charge in [0.1, 0.15) is 22.3 Å². The molecular formula is C24H21N5O3S2. The van der Waals surface area contributed by atoms with Crippen molar-refractivity contribution in [2.45, 2.75) is 26.4 Å². The number of hydrogen-bond acceptors (Lipinski definition) is 8. The van der Waals surface area contributed by atoms with Crippen LogP contribution in [-0.4, -0.2) is 39.6 Å². The van der Waals surface area contributed by atoms with Crippen LogP contribution in [0.1, 0.15) is 18.9 Å². The molecule has 1 unspecified atom stereocenters. The first-order valence-electron chi connectivity index (χ1n) is 10.8. The summed E-state index contributed by atoms with van der Waals surface area (Å²) in [4.78, 5) is 31.9. The van der Waals surface area contributed by atoms with Gasteiger partial charge in [-0.25, -0.2) is 4.98 Å². The molecule has 3 heterocycles. The Morgan fingerprint density at radius 2 is 1.97 bits per heavy atom. The number of hydrogen-bond donors (Lipinski definition) is 1. The molecule has 0 radical (unpaired) electrons. The highest BCUT2D eigenvalue weighted by atomic mass is 32.1. The molecule has 5 rings (SSSR count). The van der Waals surface area contributed by atoms with Gasteiger partial charge in [0.25, 0.3) is 5.91 Å². The summed E-state index contributed by atoms with van der Waals surface area (Å²) in [7, 11) is 0. The highest BCUT2D eigenvalue weighted by molar-refractivity contribution is 7.15. The summed E-state index contributed by atoms with van der Waals surface area (Å²) in [5.41, 5.74) is 3.22. The Labute approximate surface area is 204 Å². The largest absolute Gasteiger partial charge is 0.479 e. The van der Waals surface area contributed by atoms with Crippen molar-refractivity contribution in [3.8, 4) is 27.6 Å². The first-order valence-corrected chi connectivity index (χ1v) is 12.5. The van der Waals surface area contributed by atoms with E-state index in [1.165, 1.54) is 16.2 Å². The Kier molecular flexibility index (Phi) is 6.08. The van der Waals surface area contributed by atoms with Gasteiger partial charge in [-0.3, -0.25) is 19.8 Å². The Bertz CT molecular complexity index is 1350. The number of fused-ring (bicyclic) bond motifs is 1. The Morgan fingerprint density at radius 3 is 2.74 bits per heavy atom. The molecule has 1 N–H and O–H groups in total. The molecule has 2 aromatic carbocycles. The predicted molar refractivity (Wildman–Crippen MR) is 133 cm³/mol. The van der Waals surface area contributed by atoms with Crippen LogP contribution >= 0.6 is 22.7 Å². The Balaban J connectivity index is 1.41. The van der Waals surface area contributed by atoms with E-state index >= 15 is 0 Å². The molecule has 0 bridgehead atoms. The molecule has 1 aliphatic rings. The molecule has 8 nitrogen and oxygen atoms in total. The van der Waals surface area contributed by atoms with Gasteiger partial charge >= 0.3 is 0 Å². The van der Waals surface area contributed by atoms with E-state index in [9.17, 15) is 9.59 Å². The monoisotopic (exact) mass is 491 g/mol. The number of rotatable bonds is 6. The molecule has 0 spiro atoms. The van der Waals surface area contributed by atoms with Gasteiger partial charge in [-0.05, 0) is 31.5 Å². The summed E-state index contributed by atoms with van der Waals surface area (Å²) in [6.45, 7) is 3.49. The molecule has 0 saturated carbocycles. The number of aromatic nitrogens is 3. The van der Waals surface area contributed by atoms with E-state index in [1.54, 1.807) is 18.3 Å². The van der Waals surface area contributed by atoms with Gasteiger partial charge in [0.2, 0.25) is 11.0 Å². The summed E-state index contributed by atoms with van der Waals surface area (Å²) in [5, 5.41) is 14.9. The molecule has 2 amide bonds. The van der Waals surface area contributed by atoms with Crippen molar-refractivity contribution in [2.75, 3.05) is 16.8 Å². The summed E-state index contributed by atoms with van der Waals surface area (Å²) < 4.78 is 5.80. The lowest BCUT2D eigenvalue weighted by Crippen LogP contribution is -2.47. The van der Waals surface area contributed by atoms with Crippen LogP contribution in [0.3, 0.4) is 0 Å². The van der Waals surface area contributed by atoms with Gasteiger partial charge in [-0.1, -0.05) is 48.6 Å². The number of thiazole rings is 1. The summed E-state index contributed by atoms with van der Waals surface area (Å²) in [6.07, 6.45) is 0.0505. The van der Waals surface area contributed by atoms with Crippen molar-refractivity contribution in [1.82, 2.24) is 15.2 Å². The van der Waals surface area contributed by atoms with E-state index in [-0.39, 0.29) is 18.4 Å². The Morgan fingerprint density at radius 1 is 1.15 bits per heavy atom. The van der Waals surface area contributed by atoms with Crippen LogP contribution in [0.2, 0.25) is 0 Å². The van der Waals surface area contributed by atoms with Crippen LogP contribution in [0.4, 0.5) is 10.8 Å². The van der Waals surface area contributed by atoms with Gasteiger partial charge < -0.3 is 4.74 Å². The van der Waals surface area contributed by atoms with Gasteiger partial charge in [0, 0.05) is 16.5 Å². The van der Waals surface area contributed by atoms with Crippen LogP contribution in [0.15, 0.2) is 53.9 Å². The van der Waals surface area contributed by atoms with Crippen molar-refractivity contribution < 1.29 is 14.3 Å². The van der Waals surface area contributed by atoms with Gasteiger partial charge in [-0.2, -0.15) is 0 Å². The fraction of sp³-hybridized carbons (Fsp3) is 0.208. The normalized spacial score (nSPS) is 15.1. The maximum absolute atomic E-state index is 12.9. The number of benzene rings is 2. The van der Waals surface area contributed by atoms with Crippen molar-refractivity contribution in [3.63, 3.8) is 0 Å². The van der Waals surface area contributed by atoms with Crippen LogP contribution in [0.5, 0.6) is 5.75 Å². The summed E-state index contributed by atoms with van der Waals surface area (Å²) in [6, 6.07) is 15.5. The fourth-order valence-corrected chi connectivity index (χ4v) is 5.13. The van der Waals surface area contributed by atoms with Crippen molar-refractivity contribution in [1.29, 1.82) is 0 Å². The smallest absolute Gasteiger partial charge is 0.268 e. The Hall–Kier alpha value is -3.63. The zero-order valence-electron chi connectivity index (χ0n) is 18.5. The van der Waals surface area contributed by atoms with E-state index in [0.717, 1.165) is 33.3 Å². The maximum Gasteiger partial charge on any atom is 0.268 e. The number of carbonyl (C=O) groups is 2. The summed E-state index contributed by atoms with van der Waals surface area (Å²) >= 11 is 2.87. The average molecular weight is 492 g/mol. The quantitative estimate of drug-likeness (QED) is 0.422. The highest BCUT2D eigenvalue weighted by Crippen LogP contribution is 2.38. The third-order valence-corrected chi connectivity index (χ3v) is 7.18. The van der Waals surface area contributed by atoms with Crippen LogP contribution in [-0.2, 0) is 16.0 Å². The number of nitrogens with zero attached hydrogens (tertiary/aromatic N) is 4. The van der Waals surface area contributed by atoms with Crippen LogP contribution < -0.4 is 15.0 Å². The number of amides is 2. The molecule has 4 aromatic rings. The van der Waals surface area contributed by atoms with E-state index < -0.39 is 6.10 Å². The van der Waals surface area contributed by atoms with E-state index in [0.29, 0.717) is 16.6 Å². The first-order chi connectivity index (χ1) is 16.5. The minimum absolute atomic E-state index is 0.156. The zero-order valence-corrected chi connectivity index (χ0v) is 20.2. The van der Waals surface area contributed by atoms with Crippen molar-refractivity contribution in [2.24, 2.45) is 0 Å². The molecule has 0 aliphatic carbocycles. The lowest BCUT2D eigenvalue weighted by molar-refractivity contribution is -0.127. The van der Waals surface area contributed by atoms with Crippen LogP contribution in [0.25, 0.3) is 21.8 Å². The van der Waals surface area contributed by atoms with Crippen molar-refractivity contribution in [3.05, 3.63) is 58.9 Å². The SMILES string of the molecule is CCc1nnc(NC(=O)CN2C(=O)C(C)Oc3ccc(-c4csc(-c5ccccc5)n4)cc32)s1. The number of carbonyl (C=O) groups excluding carboxylic acids is 2. The molecule has 0 fully saturated rings. The minimum Gasteiger partial charge on any atom is -0.479 e. The topological polar surface area (TPSA) is 97.3 Å². The number of aryl methyl sites for hydroxylation is 1. The fourth-order valence-electron chi connectivity index (χ4n) is 3.60. The lowest BCUT2D eigenvalue weighted by Gasteiger charge is -2.32. The second kappa shape index (κ2) is 9.32. The average Bonchev–Trinajstić information content (AvgIpc) is 3.52. The zero-order chi connectivity index (χ0) is 23.7. The third kappa shape index (κ3) is 4.42. The molecule has 1 atom stereocenters. The van der Waals surface area contributed by atoms with E-state index in [1.807, 2.05) is 60.8 Å². The van der Waals surface area contributed by atoms with Crippen molar-refractivity contribution >= 4 is 45.3 Å². The first kappa shape index (κ1) is 22.2. The van der Waals surface area contributed by atoms with E-state index in [4.69, 9.17) is 9.72 Å². The molecule has 1 aliphatic heterocycles. The second-order valence-electron chi connectivity index (χ2n) is 7.67. The minimum atomic E-state index is -0.691. The molecule has 172 valence electrons. The second-order valence-corrected chi connectivity index (χ2v) is 9.59. The van der Waals surface area contributed by atoms with Crippen LogP contribution in [0, 0.1) is 0 Å². The van der Waals surface area contributed by atoms with E-state index in [2.05, 4.69) is 15.5 Å². The summed E-state index contributed by atoms with van der Waals surface area (Å²) in [5.74, 6) is -0.0847. The van der Waals surface area contributed by atoms with Gasteiger partial charge in [0.15, 0.2) is 6.10 Å². The number of nitrogens with one attached hydrogen (secondary N) is 1. The van der Waals surface area contributed by atoms with Gasteiger partial charge in [-0.15, -0.1) is 21.5 Å². The molecule has 2 aromatic heterocycles. The molecule has 0 saturated heterocycles.